The molecule has 0 amide bonds. The third-order valence-electron chi connectivity index (χ3n) is 4.65. The van der Waals surface area contributed by atoms with E-state index in [-0.39, 0.29) is 11.1 Å². The zero-order valence-corrected chi connectivity index (χ0v) is 14.1. The first kappa shape index (κ1) is 18.9. The summed E-state index contributed by atoms with van der Waals surface area (Å²) >= 11 is 0. The molecule has 0 aliphatic carbocycles. The topological polar surface area (TPSA) is 76.9 Å². The van der Waals surface area contributed by atoms with Gasteiger partial charge >= 0.3 is 6.18 Å². The Morgan fingerprint density at radius 3 is 2.46 bits per heavy atom. The van der Waals surface area contributed by atoms with E-state index in [2.05, 4.69) is 10.2 Å². The van der Waals surface area contributed by atoms with E-state index in [1.807, 2.05) is 0 Å². The molecular weight excluding hydrogens is 355 g/mol. The summed E-state index contributed by atoms with van der Waals surface area (Å²) in [5, 5.41) is 13.6. The number of nitro groups is 1. The molecule has 1 N–H and O–H groups in total. The predicted molar refractivity (Wildman–Crippen MR) is 87.1 cm³/mol. The summed E-state index contributed by atoms with van der Waals surface area (Å²) in [4.78, 5) is 12.2. The number of non-ortho nitro benzene ring substituents is 1. The van der Waals surface area contributed by atoms with Crippen molar-refractivity contribution in [3.05, 3.63) is 33.9 Å². The van der Waals surface area contributed by atoms with Crippen LogP contribution in [0.1, 0.15) is 5.56 Å². The van der Waals surface area contributed by atoms with Gasteiger partial charge in [-0.2, -0.15) is 13.2 Å². The Morgan fingerprint density at radius 2 is 1.92 bits per heavy atom. The number of hydrogen-bond donors (Lipinski definition) is 1. The summed E-state index contributed by atoms with van der Waals surface area (Å²) in [6.45, 7) is 4.79. The van der Waals surface area contributed by atoms with E-state index < -0.39 is 22.4 Å². The zero-order valence-electron chi connectivity index (χ0n) is 14.1. The summed E-state index contributed by atoms with van der Waals surface area (Å²) in [6, 6.07) is 2.75. The summed E-state index contributed by atoms with van der Waals surface area (Å²) in [5.41, 5.74) is -2.05. The first-order valence-electron chi connectivity index (χ1n) is 8.26. The van der Waals surface area contributed by atoms with Crippen molar-refractivity contribution in [1.82, 2.24) is 4.90 Å². The Morgan fingerprint density at radius 1 is 1.23 bits per heavy atom. The molecule has 0 spiro atoms. The normalized spacial score (nSPS) is 20.4. The number of morpholine rings is 1. The van der Waals surface area contributed by atoms with Crippen molar-refractivity contribution in [2.45, 2.75) is 6.18 Å². The van der Waals surface area contributed by atoms with Crippen LogP contribution in [0.25, 0.3) is 0 Å². The lowest BCUT2D eigenvalue weighted by molar-refractivity contribution is -0.385. The van der Waals surface area contributed by atoms with Crippen LogP contribution < -0.4 is 5.32 Å². The fourth-order valence-electron chi connectivity index (χ4n) is 3.19. The number of ether oxygens (including phenoxy) is 2. The Bertz CT molecular complexity index is 659. The van der Waals surface area contributed by atoms with Crippen LogP contribution in [-0.4, -0.2) is 62.4 Å². The van der Waals surface area contributed by atoms with E-state index in [0.717, 1.165) is 25.2 Å². The van der Waals surface area contributed by atoms with Crippen LogP contribution in [-0.2, 0) is 15.7 Å². The van der Waals surface area contributed by atoms with E-state index in [1.165, 1.54) is 0 Å². The van der Waals surface area contributed by atoms with Gasteiger partial charge in [0.25, 0.3) is 5.69 Å². The maximum Gasteiger partial charge on any atom is 0.418 e. The number of nitro benzene ring substituents is 1. The lowest BCUT2D eigenvalue weighted by Gasteiger charge is -2.45. The van der Waals surface area contributed by atoms with E-state index >= 15 is 0 Å². The van der Waals surface area contributed by atoms with Crippen molar-refractivity contribution >= 4 is 11.4 Å². The van der Waals surface area contributed by atoms with Gasteiger partial charge in [-0.15, -0.1) is 0 Å². The Hall–Kier alpha value is -1.91. The number of halogens is 3. The molecule has 2 aliphatic rings. The van der Waals surface area contributed by atoms with E-state index in [4.69, 9.17) is 9.47 Å². The highest BCUT2D eigenvalue weighted by Crippen LogP contribution is 2.38. The number of hydrogen-bond acceptors (Lipinski definition) is 6. The first-order chi connectivity index (χ1) is 12.3. The van der Waals surface area contributed by atoms with Crippen molar-refractivity contribution in [3.8, 4) is 0 Å². The first-order valence-corrected chi connectivity index (χ1v) is 8.26. The minimum atomic E-state index is -4.68. The monoisotopic (exact) mass is 375 g/mol. The molecule has 2 heterocycles. The van der Waals surface area contributed by atoms with Crippen LogP contribution in [0, 0.1) is 15.5 Å². The Kier molecular flexibility index (Phi) is 5.35. The van der Waals surface area contributed by atoms with Gasteiger partial charge in [-0.25, -0.2) is 0 Å². The number of benzene rings is 1. The second-order valence-corrected chi connectivity index (χ2v) is 6.72. The highest BCUT2D eigenvalue weighted by atomic mass is 19.4. The van der Waals surface area contributed by atoms with Gasteiger partial charge in [0, 0.05) is 49.4 Å². The third-order valence-corrected chi connectivity index (χ3v) is 4.65. The molecule has 0 radical (unpaired) electrons. The summed E-state index contributed by atoms with van der Waals surface area (Å²) < 4.78 is 50.4. The van der Waals surface area contributed by atoms with Crippen LogP contribution in [0.5, 0.6) is 0 Å². The molecule has 2 fully saturated rings. The number of anilines is 1. The molecule has 144 valence electrons. The molecule has 0 saturated carbocycles. The average Bonchev–Trinajstić information content (AvgIpc) is 2.57. The van der Waals surface area contributed by atoms with Gasteiger partial charge in [0.1, 0.15) is 0 Å². The lowest BCUT2D eigenvalue weighted by atomic mass is 9.84. The van der Waals surface area contributed by atoms with E-state index in [1.54, 1.807) is 0 Å². The number of rotatable bonds is 6. The highest BCUT2D eigenvalue weighted by molar-refractivity contribution is 5.57. The molecule has 2 aliphatic heterocycles. The van der Waals surface area contributed by atoms with Crippen molar-refractivity contribution in [2.75, 3.05) is 57.9 Å². The highest BCUT2D eigenvalue weighted by Gasteiger charge is 2.41. The van der Waals surface area contributed by atoms with Gasteiger partial charge in [0.05, 0.1) is 36.9 Å². The van der Waals surface area contributed by atoms with Gasteiger partial charge in [0.2, 0.25) is 0 Å². The molecule has 1 aromatic carbocycles. The molecule has 2 saturated heterocycles. The van der Waals surface area contributed by atoms with Crippen molar-refractivity contribution in [1.29, 1.82) is 0 Å². The quantitative estimate of drug-likeness (QED) is 0.608. The van der Waals surface area contributed by atoms with E-state index in [9.17, 15) is 23.3 Å². The van der Waals surface area contributed by atoms with Crippen molar-refractivity contribution in [2.24, 2.45) is 5.41 Å². The summed E-state index contributed by atoms with van der Waals surface area (Å²) in [7, 11) is 0. The second kappa shape index (κ2) is 7.37. The molecule has 7 nitrogen and oxygen atoms in total. The Balaban J connectivity index is 1.72. The minimum Gasteiger partial charge on any atom is -0.384 e. The van der Waals surface area contributed by atoms with Gasteiger partial charge in [-0.1, -0.05) is 0 Å². The number of alkyl halides is 3. The molecule has 0 unspecified atom stereocenters. The molecule has 10 heteroatoms. The molecule has 3 rings (SSSR count). The molecule has 1 aromatic rings. The van der Waals surface area contributed by atoms with Crippen LogP contribution in [0.4, 0.5) is 24.5 Å². The maximum absolute atomic E-state index is 13.3. The Labute approximate surface area is 148 Å². The molecular formula is C16H20F3N3O4. The largest absolute Gasteiger partial charge is 0.418 e. The third kappa shape index (κ3) is 4.25. The van der Waals surface area contributed by atoms with E-state index in [0.29, 0.717) is 45.6 Å². The predicted octanol–water partition coefficient (Wildman–Crippen LogP) is 2.37. The van der Waals surface area contributed by atoms with Crippen LogP contribution in [0.15, 0.2) is 18.2 Å². The molecule has 26 heavy (non-hydrogen) atoms. The zero-order chi connectivity index (χ0) is 18.8. The van der Waals surface area contributed by atoms with Crippen molar-refractivity contribution < 1.29 is 27.6 Å². The molecule has 0 aromatic heterocycles. The molecule has 0 atom stereocenters. The number of nitrogens with zero attached hydrogens (tertiary/aromatic N) is 2. The standard InChI is InChI=1S/C16H20F3N3O4/c17-16(18,19)13-7-12(22(23)24)1-2-14(13)20-8-15(10-26-11-15)9-21-3-5-25-6-4-21/h1-2,7,20H,3-6,8-11H2. The lowest BCUT2D eigenvalue weighted by Crippen LogP contribution is -2.56. The van der Waals surface area contributed by atoms with Crippen LogP contribution >= 0.6 is 0 Å². The summed E-state index contributed by atoms with van der Waals surface area (Å²) in [6.07, 6.45) is -4.68. The number of nitrogens with one attached hydrogen (secondary N) is 1. The average molecular weight is 375 g/mol. The van der Waals surface area contributed by atoms with Gasteiger partial charge < -0.3 is 14.8 Å². The van der Waals surface area contributed by atoms with Gasteiger partial charge in [-0.3, -0.25) is 15.0 Å². The maximum atomic E-state index is 13.3. The van der Waals surface area contributed by atoms with Crippen LogP contribution in [0.3, 0.4) is 0 Å². The fourth-order valence-corrected chi connectivity index (χ4v) is 3.19. The minimum absolute atomic E-state index is 0.156. The van der Waals surface area contributed by atoms with Crippen molar-refractivity contribution in [3.63, 3.8) is 0 Å². The second-order valence-electron chi connectivity index (χ2n) is 6.72. The fraction of sp³-hybridized carbons (Fsp3) is 0.625. The molecule has 0 bridgehead atoms. The smallest absolute Gasteiger partial charge is 0.384 e. The van der Waals surface area contributed by atoms with Gasteiger partial charge in [0.15, 0.2) is 0 Å². The van der Waals surface area contributed by atoms with Crippen LogP contribution in [0.2, 0.25) is 0 Å². The summed E-state index contributed by atoms with van der Waals surface area (Å²) in [5.74, 6) is 0. The SMILES string of the molecule is O=[N+]([O-])c1ccc(NCC2(CN3CCOCC3)COC2)c(C(F)(F)F)c1. The van der Waals surface area contributed by atoms with Gasteiger partial charge in [-0.05, 0) is 6.07 Å².